The Balaban J connectivity index is 3.26. The minimum Gasteiger partial charge on any atom is -0.382 e. The number of nitrogens with one attached hydrogen (secondary N) is 2. The van der Waals surface area contributed by atoms with Gasteiger partial charge in [-0.15, -0.1) is 0 Å². The van der Waals surface area contributed by atoms with Gasteiger partial charge in [-0.1, -0.05) is 6.92 Å². The van der Waals surface area contributed by atoms with Crippen molar-refractivity contribution in [1.82, 2.24) is 10.6 Å². The van der Waals surface area contributed by atoms with Gasteiger partial charge >= 0.3 is 0 Å². The average molecular weight is 216 g/mol. The standard InChI is InChI=1S/C11H24N2O2/c1-4-12-8-5-9-13-11(14)7-6-10(2)15-3/h10,12H,4-9H2,1-3H3,(H,13,14). The van der Waals surface area contributed by atoms with Gasteiger partial charge in [-0.05, 0) is 32.9 Å². The Labute approximate surface area is 92.8 Å². The van der Waals surface area contributed by atoms with Crippen molar-refractivity contribution >= 4 is 5.91 Å². The lowest BCUT2D eigenvalue weighted by atomic mass is 10.2. The third-order valence-corrected chi connectivity index (χ3v) is 2.28. The molecule has 0 heterocycles. The molecule has 90 valence electrons. The molecule has 0 saturated heterocycles. The molecule has 1 atom stereocenters. The third kappa shape index (κ3) is 9.69. The maximum Gasteiger partial charge on any atom is 0.220 e. The highest BCUT2D eigenvalue weighted by Crippen LogP contribution is 1.99. The molecular formula is C11H24N2O2. The molecule has 0 saturated carbocycles. The third-order valence-electron chi connectivity index (χ3n) is 2.28. The van der Waals surface area contributed by atoms with Crippen LogP contribution in [0, 0.1) is 0 Å². The summed E-state index contributed by atoms with van der Waals surface area (Å²) < 4.78 is 5.07. The zero-order valence-corrected chi connectivity index (χ0v) is 10.1. The quantitative estimate of drug-likeness (QED) is 0.563. The van der Waals surface area contributed by atoms with Crippen molar-refractivity contribution in [3.63, 3.8) is 0 Å². The lowest BCUT2D eigenvalue weighted by Gasteiger charge is -2.09. The van der Waals surface area contributed by atoms with Gasteiger partial charge in [0.1, 0.15) is 0 Å². The van der Waals surface area contributed by atoms with E-state index in [0.29, 0.717) is 6.42 Å². The SMILES string of the molecule is CCNCCCNC(=O)CCC(C)OC. The molecule has 0 radical (unpaired) electrons. The molecule has 0 bridgehead atoms. The van der Waals surface area contributed by atoms with Crippen LogP contribution in [0.2, 0.25) is 0 Å². The van der Waals surface area contributed by atoms with Crippen molar-refractivity contribution in [2.45, 2.75) is 39.2 Å². The first kappa shape index (κ1) is 14.4. The first-order chi connectivity index (χ1) is 7.20. The second kappa shape index (κ2) is 9.93. The highest BCUT2D eigenvalue weighted by molar-refractivity contribution is 5.75. The molecule has 0 aliphatic heterocycles. The summed E-state index contributed by atoms with van der Waals surface area (Å²) in [5.41, 5.74) is 0. The Kier molecular flexibility index (Phi) is 9.52. The molecule has 0 aromatic carbocycles. The van der Waals surface area contributed by atoms with Gasteiger partial charge in [0.15, 0.2) is 0 Å². The summed E-state index contributed by atoms with van der Waals surface area (Å²) in [4.78, 5) is 11.3. The Hall–Kier alpha value is -0.610. The van der Waals surface area contributed by atoms with Gasteiger partial charge in [0.2, 0.25) is 5.91 Å². The zero-order chi connectivity index (χ0) is 11.5. The number of amides is 1. The van der Waals surface area contributed by atoms with Crippen molar-refractivity contribution < 1.29 is 9.53 Å². The van der Waals surface area contributed by atoms with E-state index < -0.39 is 0 Å². The summed E-state index contributed by atoms with van der Waals surface area (Å²) in [7, 11) is 1.67. The molecule has 1 unspecified atom stereocenters. The Bertz CT molecular complexity index is 163. The summed E-state index contributed by atoms with van der Waals surface area (Å²) in [6.07, 6.45) is 2.49. The molecule has 0 aromatic heterocycles. The van der Waals surface area contributed by atoms with E-state index in [9.17, 15) is 4.79 Å². The zero-order valence-electron chi connectivity index (χ0n) is 10.1. The molecule has 0 aliphatic carbocycles. The van der Waals surface area contributed by atoms with Gasteiger partial charge < -0.3 is 15.4 Å². The topological polar surface area (TPSA) is 50.4 Å². The van der Waals surface area contributed by atoms with Crippen LogP contribution >= 0.6 is 0 Å². The van der Waals surface area contributed by atoms with E-state index in [4.69, 9.17) is 4.74 Å². The fourth-order valence-corrected chi connectivity index (χ4v) is 1.16. The number of rotatable bonds is 9. The van der Waals surface area contributed by atoms with Crippen molar-refractivity contribution in [2.24, 2.45) is 0 Å². The largest absolute Gasteiger partial charge is 0.382 e. The van der Waals surface area contributed by atoms with E-state index in [-0.39, 0.29) is 12.0 Å². The number of carbonyl (C=O) groups is 1. The van der Waals surface area contributed by atoms with E-state index in [1.165, 1.54) is 0 Å². The number of hydrogen-bond acceptors (Lipinski definition) is 3. The van der Waals surface area contributed by atoms with Crippen molar-refractivity contribution in [1.29, 1.82) is 0 Å². The van der Waals surface area contributed by atoms with Crippen LogP contribution in [0.1, 0.15) is 33.1 Å². The predicted octanol–water partition coefficient (Wildman–Crippen LogP) is 0.917. The van der Waals surface area contributed by atoms with E-state index >= 15 is 0 Å². The van der Waals surface area contributed by atoms with Crippen molar-refractivity contribution in [2.75, 3.05) is 26.7 Å². The van der Waals surface area contributed by atoms with Crippen LogP contribution in [0.15, 0.2) is 0 Å². The number of ether oxygens (including phenoxy) is 1. The fourth-order valence-electron chi connectivity index (χ4n) is 1.16. The van der Waals surface area contributed by atoms with Crippen molar-refractivity contribution in [3.05, 3.63) is 0 Å². The predicted molar refractivity (Wildman–Crippen MR) is 61.9 cm³/mol. The molecule has 0 rings (SSSR count). The van der Waals surface area contributed by atoms with Gasteiger partial charge in [-0.3, -0.25) is 4.79 Å². The van der Waals surface area contributed by atoms with Crippen LogP contribution in [-0.2, 0) is 9.53 Å². The Morgan fingerprint density at radius 1 is 1.40 bits per heavy atom. The van der Waals surface area contributed by atoms with Crippen LogP contribution in [-0.4, -0.2) is 38.8 Å². The van der Waals surface area contributed by atoms with E-state index in [1.807, 2.05) is 6.92 Å². The molecule has 2 N–H and O–H groups in total. The minimum atomic E-state index is 0.121. The second-order valence-electron chi connectivity index (χ2n) is 3.64. The second-order valence-corrected chi connectivity index (χ2v) is 3.64. The minimum absolute atomic E-state index is 0.121. The number of methoxy groups -OCH3 is 1. The molecule has 4 heteroatoms. The van der Waals surface area contributed by atoms with Gasteiger partial charge in [-0.25, -0.2) is 0 Å². The molecule has 0 aliphatic rings. The summed E-state index contributed by atoms with van der Waals surface area (Å²) in [6, 6.07) is 0. The average Bonchev–Trinajstić information content (AvgIpc) is 2.25. The highest BCUT2D eigenvalue weighted by atomic mass is 16.5. The van der Waals surface area contributed by atoms with Gasteiger partial charge in [-0.2, -0.15) is 0 Å². The van der Waals surface area contributed by atoms with E-state index in [2.05, 4.69) is 17.6 Å². The maximum atomic E-state index is 11.3. The first-order valence-corrected chi connectivity index (χ1v) is 5.70. The summed E-state index contributed by atoms with van der Waals surface area (Å²) in [6.45, 7) is 6.75. The molecule has 0 aromatic rings. The highest BCUT2D eigenvalue weighted by Gasteiger charge is 2.04. The molecule has 0 fully saturated rings. The number of carbonyl (C=O) groups excluding carboxylic acids is 1. The number of hydrogen-bond donors (Lipinski definition) is 2. The Morgan fingerprint density at radius 3 is 2.73 bits per heavy atom. The monoisotopic (exact) mass is 216 g/mol. The molecule has 15 heavy (non-hydrogen) atoms. The van der Waals surface area contributed by atoms with Crippen LogP contribution < -0.4 is 10.6 Å². The smallest absolute Gasteiger partial charge is 0.220 e. The van der Waals surface area contributed by atoms with Crippen LogP contribution in [0.3, 0.4) is 0 Å². The van der Waals surface area contributed by atoms with Crippen molar-refractivity contribution in [3.8, 4) is 0 Å². The van der Waals surface area contributed by atoms with Gasteiger partial charge in [0, 0.05) is 20.1 Å². The lowest BCUT2D eigenvalue weighted by Crippen LogP contribution is -2.27. The van der Waals surface area contributed by atoms with E-state index in [0.717, 1.165) is 32.5 Å². The van der Waals surface area contributed by atoms with Gasteiger partial charge in [0.05, 0.1) is 6.10 Å². The molecule has 1 amide bonds. The summed E-state index contributed by atoms with van der Waals surface area (Å²) >= 11 is 0. The molecule has 0 spiro atoms. The summed E-state index contributed by atoms with van der Waals surface area (Å²) in [5, 5.41) is 6.10. The van der Waals surface area contributed by atoms with Crippen LogP contribution in [0.5, 0.6) is 0 Å². The maximum absolute atomic E-state index is 11.3. The van der Waals surface area contributed by atoms with Gasteiger partial charge in [0.25, 0.3) is 0 Å². The van der Waals surface area contributed by atoms with E-state index in [1.54, 1.807) is 7.11 Å². The van der Waals surface area contributed by atoms with Crippen LogP contribution in [0.25, 0.3) is 0 Å². The first-order valence-electron chi connectivity index (χ1n) is 5.70. The molecular weight excluding hydrogens is 192 g/mol. The summed E-state index contributed by atoms with van der Waals surface area (Å²) in [5.74, 6) is 0.121. The Morgan fingerprint density at radius 2 is 2.13 bits per heavy atom. The lowest BCUT2D eigenvalue weighted by molar-refractivity contribution is -0.121. The normalized spacial score (nSPS) is 12.5. The van der Waals surface area contributed by atoms with Crippen LogP contribution in [0.4, 0.5) is 0 Å². The molecule has 4 nitrogen and oxygen atoms in total. The fraction of sp³-hybridized carbons (Fsp3) is 0.909.